The molecule has 3 heterocycles. The maximum absolute atomic E-state index is 12.5. The summed E-state index contributed by atoms with van der Waals surface area (Å²) in [6.45, 7) is 5.88. The Kier molecular flexibility index (Phi) is 4.42. The third-order valence-electron chi connectivity index (χ3n) is 5.20. The minimum atomic E-state index is -0.150. The van der Waals surface area contributed by atoms with E-state index in [-0.39, 0.29) is 11.1 Å². The zero-order valence-corrected chi connectivity index (χ0v) is 17.2. The lowest BCUT2D eigenvalue weighted by Crippen LogP contribution is -2.18. The van der Waals surface area contributed by atoms with Gasteiger partial charge in [-0.3, -0.25) is 9.59 Å². The fraction of sp³-hybridized carbons (Fsp3) is 0.217. The highest BCUT2D eigenvalue weighted by atomic mass is 16.5. The van der Waals surface area contributed by atoms with Gasteiger partial charge in [0.1, 0.15) is 11.3 Å². The number of rotatable bonds is 3. The molecule has 0 aliphatic carbocycles. The molecule has 0 unspecified atom stereocenters. The molecule has 6 nitrogen and oxygen atoms in total. The molecule has 0 radical (unpaired) electrons. The summed E-state index contributed by atoms with van der Waals surface area (Å²) < 4.78 is 9.35. The molecule has 1 N–H and O–H groups in total. The van der Waals surface area contributed by atoms with Crippen molar-refractivity contribution in [1.29, 1.82) is 0 Å². The Hall–Kier alpha value is -3.54. The Balaban J connectivity index is 2.02. The van der Waals surface area contributed by atoms with Crippen molar-refractivity contribution in [2.75, 3.05) is 0 Å². The number of H-pyrrole nitrogens is 1. The molecule has 0 saturated heterocycles. The summed E-state index contributed by atoms with van der Waals surface area (Å²) in [6.07, 6.45) is 3.45. The minimum Gasteiger partial charge on any atom is -0.455 e. The van der Waals surface area contributed by atoms with E-state index in [4.69, 9.17) is 4.74 Å². The number of aromatic amines is 1. The van der Waals surface area contributed by atoms with Crippen LogP contribution in [-0.4, -0.2) is 14.1 Å². The predicted molar refractivity (Wildman–Crippen MR) is 115 cm³/mol. The molecule has 0 aliphatic heterocycles. The molecule has 6 heteroatoms. The summed E-state index contributed by atoms with van der Waals surface area (Å²) in [5.74, 6) is 1.32. The summed E-state index contributed by atoms with van der Waals surface area (Å²) in [4.78, 5) is 28.2. The van der Waals surface area contributed by atoms with Crippen molar-refractivity contribution in [2.24, 2.45) is 14.1 Å². The van der Waals surface area contributed by atoms with E-state index in [2.05, 4.69) is 4.98 Å². The van der Waals surface area contributed by atoms with Crippen LogP contribution in [0.25, 0.3) is 22.0 Å². The van der Waals surface area contributed by atoms with Gasteiger partial charge >= 0.3 is 0 Å². The summed E-state index contributed by atoms with van der Waals surface area (Å²) in [5, 5.41) is 0.769. The Morgan fingerprint density at radius 2 is 1.59 bits per heavy atom. The second-order valence-electron chi connectivity index (χ2n) is 7.52. The van der Waals surface area contributed by atoms with Gasteiger partial charge in [-0.05, 0) is 38.0 Å². The van der Waals surface area contributed by atoms with E-state index in [9.17, 15) is 9.59 Å². The zero-order chi connectivity index (χ0) is 20.9. The smallest absolute Gasteiger partial charge is 0.274 e. The highest BCUT2D eigenvalue weighted by Crippen LogP contribution is 2.37. The van der Waals surface area contributed by atoms with Crippen molar-refractivity contribution < 1.29 is 4.74 Å². The van der Waals surface area contributed by atoms with Gasteiger partial charge in [-0.25, -0.2) is 0 Å². The number of para-hydroxylation sites is 1. The Morgan fingerprint density at radius 1 is 0.897 bits per heavy atom. The second-order valence-corrected chi connectivity index (χ2v) is 7.52. The summed E-state index contributed by atoms with van der Waals surface area (Å²) in [6, 6.07) is 9.45. The average molecular weight is 389 g/mol. The zero-order valence-electron chi connectivity index (χ0n) is 17.2. The monoisotopic (exact) mass is 389 g/mol. The average Bonchev–Trinajstić information content (AvgIpc) is 3.06. The van der Waals surface area contributed by atoms with E-state index in [0.717, 1.165) is 33.5 Å². The van der Waals surface area contributed by atoms with E-state index in [1.807, 2.05) is 45.0 Å². The van der Waals surface area contributed by atoms with Crippen LogP contribution in [0.4, 0.5) is 0 Å². The molecule has 0 spiro atoms. The van der Waals surface area contributed by atoms with Gasteiger partial charge in [0, 0.05) is 48.6 Å². The first kappa shape index (κ1) is 18.8. The number of nitrogens with one attached hydrogen (secondary N) is 1. The van der Waals surface area contributed by atoms with Crippen LogP contribution in [0.15, 0.2) is 52.3 Å². The maximum atomic E-state index is 12.5. The lowest BCUT2D eigenvalue weighted by Gasteiger charge is -2.17. The maximum Gasteiger partial charge on any atom is 0.274 e. The van der Waals surface area contributed by atoms with Crippen LogP contribution in [0.5, 0.6) is 11.5 Å². The third-order valence-corrected chi connectivity index (χ3v) is 5.20. The predicted octanol–water partition coefficient (Wildman–Crippen LogP) is 3.95. The molecule has 3 aromatic heterocycles. The van der Waals surface area contributed by atoms with Crippen LogP contribution >= 0.6 is 0 Å². The van der Waals surface area contributed by atoms with Gasteiger partial charge in [0.2, 0.25) is 0 Å². The van der Waals surface area contributed by atoms with Gasteiger partial charge < -0.3 is 18.9 Å². The first-order valence-corrected chi connectivity index (χ1v) is 9.40. The van der Waals surface area contributed by atoms with Crippen LogP contribution in [0.2, 0.25) is 0 Å². The molecule has 0 fully saturated rings. The number of aryl methyl sites for hydroxylation is 5. The van der Waals surface area contributed by atoms with Crippen LogP contribution < -0.4 is 15.9 Å². The van der Waals surface area contributed by atoms with Crippen LogP contribution in [-0.2, 0) is 14.1 Å². The molecule has 0 saturated carbocycles. The second kappa shape index (κ2) is 6.81. The first-order chi connectivity index (χ1) is 13.8. The molecule has 0 bridgehead atoms. The van der Waals surface area contributed by atoms with E-state index in [1.165, 1.54) is 9.13 Å². The minimum absolute atomic E-state index is 0.113. The number of hydrogen-bond donors (Lipinski definition) is 1. The SMILES string of the molecule is Cc1cc2c(-c3cc(=O)n(C)cc3Oc3c(C)cccc3C)cn(C)c(=O)c2[nH]1. The molecule has 148 valence electrons. The van der Waals surface area contributed by atoms with Crippen molar-refractivity contribution in [3.63, 3.8) is 0 Å². The number of pyridine rings is 2. The molecule has 0 atom stereocenters. The molecule has 4 aromatic rings. The standard InChI is InChI=1S/C23H23N3O3/c1-13-7-6-8-14(2)22(13)29-19-12-25(4)20(27)10-16(19)18-11-26(5)23(28)21-17(18)9-15(3)24-21/h6-12,24H,1-5H3. The lowest BCUT2D eigenvalue weighted by molar-refractivity contribution is 0.470. The molecular weight excluding hydrogens is 366 g/mol. The summed E-state index contributed by atoms with van der Waals surface area (Å²) in [5.41, 5.74) is 4.56. The summed E-state index contributed by atoms with van der Waals surface area (Å²) in [7, 11) is 3.40. The topological polar surface area (TPSA) is 69.0 Å². The number of ether oxygens (including phenoxy) is 1. The van der Waals surface area contributed by atoms with Gasteiger partial charge in [-0.2, -0.15) is 0 Å². The third kappa shape index (κ3) is 3.16. The number of fused-ring (bicyclic) bond motifs is 1. The number of benzene rings is 1. The van der Waals surface area contributed by atoms with Gasteiger partial charge in [-0.15, -0.1) is 0 Å². The van der Waals surface area contributed by atoms with Gasteiger partial charge in [0.25, 0.3) is 11.1 Å². The van der Waals surface area contributed by atoms with E-state index in [1.54, 1.807) is 32.6 Å². The van der Waals surface area contributed by atoms with Crippen molar-refractivity contribution in [3.8, 4) is 22.6 Å². The largest absolute Gasteiger partial charge is 0.455 e. The van der Waals surface area contributed by atoms with Crippen LogP contribution in [0.3, 0.4) is 0 Å². The number of aromatic nitrogens is 3. The van der Waals surface area contributed by atoms with Crippen LogP contribution in [0, 0.1) is 20.8 Å². The van der Waals surface area contributed by atoms with Crippen molar-refractivity contribution in [3.05, 3.63) is 80.3 Å². The normalized spacial score (nSPS) is 11.2. The molecule has 4 rings (SSSR count). The Morgan fingerprint density at radius 3 is 2.28 bits per heavy atom. The molecular formula is C23H23N3O3. The Bertz CT molecular complexity index is 1350. The first-order valence-electron chi connectivity index (χ1n) is 9.40. The molecule has 29 heavy (non-hydrogen) atoms. The van der Waals surface area contributed by atoms with Gasteiger partial charge in [-0.1, -0.05) is 18.2 Å². The fourth-order valence-electron chi connectivity index (χ4n) is 3.65. The van der Waals surface area contributed by atoms with Crippen molar-refractivity contribution in [1.82, 2.24) is 14.1 Å². The van der Waals surface area contributed by atoms with E-state index in [0.29, 0.717) is 16.8 Å². The quantitative estimate of drug-likeness (QED) is 0.577. The lowest BCUT2D eigenvalue weighted by atomic mass is 10.0. The number of hydrogen-bond acceptors (Lipinski definition) is 3. The highest BCUT2D eigenvalue weighted by Gasteiger charge is 2.18. The molecule has 0 aliphatic rings. The van der Waals surface area contributed by atoms with Gasteiger partial charge in [0.15, 0.2) is 5.75 Å². The van der Waals surface area contributed by atoms with E-state index < -0.39 is 0 Å². The van der Waals surface area contributed by atoms with E-state index >= 15 is 0 Å². The van der Waals surface area contributed by atoms with Crippen LogP contribution in [0.1, 0.15) is 16.8 Å². The fourth-order valence-corrected chi connectivity index (χ4v) is 3.65. The van der Waals surface area contributed by atoms with Gasteiger partial charge in [0.05, 0.1) is 6.20 Å². The molecule has 1 aromatic carbocycles. The highest BCUT2D eigenvalue weighted by molar-refractivity contribution is 5.96. The summed E-state index contributed by atoms with van der Waals surface area (Å²) >= 11 is 0. The molecule has 0 amide bonds. The Labute approximate surface area is 168 Å². The van der Waals surface area contributed by atoms with Crippen molar-refractivity contribution in [2.45, 2.75) is 20.8 Å². The van der Waals surface area contributed by atoms with Crippen molar-refractivity contribution >= 4 is 10.9 Å². The number of nitrogens with zero attached hydrogens (tertiary/aromatic N) is 2.